The molecular formula is C23H30N4O3S2. The van der Waals surface area contributed by atoms with Gasteiger partial charge in [0.05, 0.1) is 16.8 Å². The maximum Gasteiger partial charge on any atom is 0.250 e. The van der Waals surface area contributed by atoms with Gasteiger partial charge in [-0.3, -0.25) is 4.79 Å². The summed E-state index contributed by atoms with van der Waals surface area (Å²) in [6.45, 7) is 6.54. The molecule has 0 atom stereocenters. The van der Waals surface area contributed by atoms with Gasteiger partial charge in [-0.15, -0.1) is 11.3 Å². The monoisotopic (exact) mass is 474 g/mol. The van der Waals surface area contributed by atoms with Crippen LogP contribution in [0, 0.1) is 0 Å². The van der Waals surface area contributed by atoms with Gasteiger partial charge in [0, 0.05) is 41.0 Å². The van der Waals surface area contributed by atoms with Crippen LogP contribution in [0.25, 0.3) is 21.3 Å². The van der Waals surface area contributed by atoms with Crippen LogP contribution in [0.1, 0.15) is 53.4 Å². The Balaban J connectivity index is 1.68. The minimum absolute atomic E-state index is 0.132. The summed E-state index contributed by atoms with van der Waals surface area (Å²) in [5, 5.41) is 4.33. The molecule has 2 aromatic heterocycles. The van der Waals surface area contributed by atoms with Gasteiger partial charge in [0.25, 0.3) is 5.91 Å². The summed E-state index contributed by atoms with van der Waals surface area (Å²) in [5.41, 5.74) is 9.07. The van der Waals surface area contributed by atoms with Gasteiger partial charge in [-0.05, 0) is 67.6 Å². The Labute approximate surface area is 193 Å². The average Bonchev–Trinajstić information content (AvgIpc) is 3.44. The molecule has 0 unspecified atom stereocenters. The third-order valence-electron chi connectivity index (χ3n) is 6.23. The number of H-pyrrole nitrogens is 1. The minimum Gasteiger partial charge on any atom is -0.366 e. The van der Waals surface area contributed by atoms with E-state index >= 15 is 0 Å². The second-order valence-corrected chi connectivity index (χ2v) is 11.6. The first-order valence-electron chi connectivity index (χ1n) is 11.1. The number of sulfonamides is 1. The molecule has 1 aromatic carbocycles. The van der Waals surface area contributed by atoms with Crippen LogP contribution in [0.2, 0.25) is 0 Å². The highest BCUT2D eigenvalue weighted by molar-refractivity contribution is 7.89. The fraction of sp³-hybridized carbons (Fsp3) is 0.435. The lowest BCUT2D eigenvalue weighted by atomic mass is 9.89. The van der Waals surface area contributed by atoms with Crippen molar-refractivity contribution in [1.82, 2.24) is 14.6 Å². The second-order valence-electron chi connectivity index (χ2n) is 8.17. The third kappa shape index (κ3) is 4.47. The highest BCUT2D eigenvalue weighted by Gasteiger charge is 2.29. The van der Waals surface area contributed by atoms with E-state index in [9.17, 15) is 13.2 Å². The molecule has 1 fully saturated rings. The van der Waals surface area contributed by atoms with Crippen molar-refractivity contribution >= 4 is 38.2 Å². The Bertz CT molecular complexity index is 1220. The second kappa shape index (κ2) is 9.35. The lowest BCUT2D eigenvalue weighted by Crippen LogP contribution is -2.38. The maximum absolute atomic E-state index is 12.2. The highest BCUT2D eigenvalue weighted by atomic mass is 32.2. The molecule has 4 rings (SSSR count). The largest absolute Gasteiger partial charge is 0.366 e. The Morgan fingerprint density at radius 1 is 1.25 bits per heavy atom. The lowest BCUT2D eigenvalue weighted by Gasteiger charge is -2.31. The number of carbonyl (C=O) groups excluding carboxylic acids is 1. The topological polar surface area (TPSA) is 108 Å². The molecule has 0 radical (unpaired) electrons. The molecule has 3 heterocycles. The molecule has 1 saturated heterocycles. The number of fused-ring (bicyclic) bond motifs is 1. The summed E-state index contributed by atoms with van der Waals surface area (Å²) in [4.78, 5) is 17.8. The molecule has 1 aliphatic rings. The predicted octanol–water partition coefficient (Wildman–Crippen LogP) is 3.63. The normalized spacial score (nSPS) is 16.1. The predicted molar refractivity (Wildman–Crippen MR) is 131 cm³/mol. The lowest BCUT2D eigenvalue weighted by molar-refractivity contribution is 0.100. The van der Waals surface area contributed by atoms with E-state index in [1.165, 1.54) is 4.88 Å². The Hall–Kier alpha value is -2.20. The molecule has 0 saturated carbocycles. The number of primary amides is 1. The average molecular weight is 475 g/mol. The van der Waals surface area contributed by atoms with Crippen molar-refractivity contribution in [3.05, 3.63) is 46.5 Å². The number of nitrogens with one attached hydrogen (secondary N) is 2. The van der Waals surface area contributed by atoms with Crippen LogP contribution >= 0.6 is 11.3 Å². The van der Waals surface area contributed by atoms with E-state index in [1.54, 1.807) is 22.6 Å². The van der Waals surface area contributed by atoms with Crippen LogP contribution in [0.3, 0.4) is 0 Å². The fourth-order valence-corrected chi connectivity index (χ4v) is 6.53. The number of nitrogens with two attached hydrogens (primary N) is 1. The van der Waals surface area contributed by atoms with Crippen molar-refractivity contribution in [2.24, 2.45) is 5.73 Å². The standard InChI is InChI=1S/C23H30N4O3S2/c1-3-25-13-17-5-6-21(31-17)16-11-18-20(14-26-22(18)19(12-16)23(24)28)15-7-9-27(10-8-15)32(29,30)4-2/h5-6,11-12,14-15,25-26H,3-4,7-10,13H2,1-2H3,(H2,24,28). The summed E-state index contributed by atoms with van der Waals surface area (Å²) in [6, 6.07) is 8.19. The van der Waals surface area contributed by atoms with Crippen LogP contribution in [0.4, 0.5) is 0 Å². The molecule has 32 heavy (non-hydrogen) atoms. The molecule has 3 aromatic rings. The first-order chi connectivity index (χ1) is 15.3. The number of hydrogen-bond donors (Lipinski definition) is 3. The van der Waals surface area contributed by atoms with Gasteiger partial charge in [-0.2, -0.15) is 0 Å². The quantitative estimate of drug-likeness (QED) is 0.463. The van der Waals surface area contributed by atoms with E-state index in [2.05, 4.69) is 35.4 Å². The SMILES string of the molecule is CCNCc1ccc(-c2cc(C(N)=O)c3[nH]cc(C4CCN(S(=O)(=O)CC)CC4)c3c2)s1. The van der Waals surface area contributed by atoms with Crippen LogP contribution in [-0.2, 0) is 16.6 Å². The Morgan fingerprint density at radius 2 is 2.00 bits per heavy atom. The first-order valence-corrected chi connectivity index (χ1v) is 13.5. The molecule has 1 amide bonds. The van der Waals surface area contributed by atoms with Gasteiger partial charge in [0.1, 0.15) is 0 Å². The Morgan fingerprint density at radius 3 is 2.66 bits per heavy atom. The van der Waals surface area contributed by atoms with Crippen molar-refractivity contribution in [3.63, 3.8) is 0 Å². The van der Waals surface area contributed by atoms with Gasteiger partial charge < -0.3 is 16.0 Å². The first kappa shape index (κ1) is 23.0. The zero-order valence-electron chi connectivity index (χ0n) is 18.5. The van der Waals surface area contributed by atoms with Gasteiger partial charge in [-0.25, -0.2) is 12.7 Å². The van der Waals surface area contributed by atoms with Gasteiger partial charge >= 0.3 is 0 Å². The van der Waals surface area contributed by atoms with E-state index in [0.29, 0.717) is 18.7 Å². The zero-order valence-corrected chi connectivity index (χ0v) is 20.1. The number of carbonyl (C=O) groups is 1. The highest BCUT2D eigenvalue weighted by Crippen LogP contribution is 2.38. The van der Waals surface area contributed by atoms with E-state index in [1.807, 2.05) is 12.3 Å². The van der Waals surface area contributed by atoms with E-state index < -0.39 is 15.9 Å². The Kier molecular flexibility index (Phi) is 6.71. The molecule has 4 N–H and O–H groups in total. The maximum atomic E-state index is 12.2. The number of aromatic amines is 1. The summed E-state index contributed by atoms with van der Waals surface area (Å²) < 4.78 is 26.0. The summed E-state index contributed by atoms with van der Waals surface area (Å²) in [7, 11) is -3.16. The summed E-state index contributed by atoms with van der Waals surface area (Å²) in [5.74, 6) is -0.0960. The molecule has 0 bridgehead atoms. The van der Waals surface area contributed by atoms with Crippen LogP contribution in [0.15, 0.2) is 30.5 Å². The van der Waals surface area contributed by atoms with Gasteiger partial charge in [-0.1, -0.05) is 6.92 Å². The molecule has 0 aliphatic carbocycles. The van der Waals surface area contributed by atoms with Gasteiger partial charge in [0.15, 0.2) is 0 Å². The number of nitrogens with zero attached hydrogens (tertiary/aromatic N) is 1. The number of rotatable bonds is 8. The summed E-state index contributed by atoms with van der Waals surface area (Å²) >= 11 is 1.71. The molecule has 9 heteroatoms. The molecule has 1 aliphatic heterocycles. The van der Waals surface area contributed by atoms with Crippen molar-refractivity contribution in [1.29, 1.82) is 0 Å². The number of amides is 1. The molecular weight excluding hydrogens is 444 g/mol. The van der Waals surface area contributed by atoms with Gasteiger partial charge in [0.2, 0.25) is 10.0 Å². The van der Waals surface area contributed by atoms with Crippen molar-refractivity contribution in [3.8, 4) is 10.4 Å². The van der Waals surface area contributed by atoms with E-state index in [0.717, 1.165) is 52.8 Å². The van der Waals surface area contributed by atoms with Crippen LogP contribution in [-0.4, -0.2) is 49.0 Å². The fourth-order valence-electron chi connectivity index (χ4n) is 4.43. The minimum atomic E-state index is -3.16. The number of benzene rings is 1. The number of piperidine rings is 1. The van der Waals surface area contributed by atoms with Crippen LogP contribution in [0.5, 0.6) is 0 Å². The van der Waals surface area contributed by atoms with Crippen molar-refractivity contribution in [2.45, 2.75) is 39.2 Å². The third-order valence-corrected chi connectivity index (χ3v) is 9.25. The number of thiophene rings is 1. The smallest absolute Gasteiger partial charge is 0.250 e. The van der Waals surface area contributed by atoms with Crippen LogP contribution < -0.4 is 11.1 Å². The number of aromatic nitrogens is 1. The molecule has 172 valence electrons. The summed E-state index contributed by atoms with van der Waals surface area (Å²) in [6.07, 6.45) is 3.48. The number of hydrogen-bond acceptors (Lipinski definition) is 5. The van der Waals surface area contributed by atoms with Crippen molar-refractivity contribution in [2.75, 3.05) is 25.4 Å². The van der Waals surface area contributed by atoms with E-state index in [4.69, 9.17) is 5.73 Å². The van der Waals surface area contributed by atoms with Crippen molar-refractivity contribution < 1.29 is 13.2 Å². The van der Waals surface area contributed by atoms with E-state index in [-0.39, 0.29) is 11.7 Å². The molecule has 7 nitrogen and oxygen atoms in total. The molecule has 0 spiro atoms. The zero-order chi connectivity index (χ0) is 22.9.